The first kappa shape index (κ1) is 21.0. The smallest absolute Gasteiger partial charge is 0.265 e. The zero-order valence-electron chi connectivity index (χ0n) is 17.3. The molecule has 7 nitrogen and oxygen atoms in total. The molecule has 1 aromatic heterocycles. The number of carbonyl (C=O) groups is 2. The van der Waals surface area contributed by atoms with Gasteiger partial charge in [0.25, 0.3) is 5.91 Å². The number of ether oxygens (including phenoxy) is 3. The molecule has 0 spiro atoms. The van der Waals surface area contributed by atoms with Gasteiger partial charge in [-0.15, -0.1) is 11.3 Å². The number of aromatic nitrogens is 1. The van der Waals surface area contributed by atoms with Crippen molar-refractivity contribution >= 4 is 28.7 Å². The summed E-state index contributed by atoms with van der Waals surface area (Å²) in [6.07, 6.45) is 0.745. The summed E-state index contributed by atoms with van der Waals surface area (Å²) in [6.45, 7) is 0.428. The van der Waals surface area contributed by atoms with Gasteiger partial charge in [0.15, 0.2) is 12.4 Å². The van der Waals surface area contributed by atoms with Gasteiger partial charge in [-0.2, -0.15) is 0 Å². The number of nitrogens with zero attached hydrogens (tertiary/aromatic N) is 2. The van der Waals surface area contributed by atoms with Crippen LogP contribution in [0.2, 0.25) is 0 Å². The fourth-order valence-corrected chi connectivity index (χ4v) is 4.10. The van der Waals surface area contributed by atoms with E-state index in [1.807, 2.05) is 23.6 Å². The monoisotopic (exact) mass is 438 g/mol. The third kappa shape index (κ3) is 4.60. The van der Waals surface area contributed by atoms with E-state index in [1.165, 1.54) is 4.90 Å². The Hall–Kier alpha value is -3.23. The number of Topliss-reactive ketones (excluding diaryl/α,β-unsaturated/α-hetero) is 1. The molecule has 0 saturated heterocycles. The molecule has 0 unspecified atom stereocenters. The van der Waals surface area contributed by atoms with Crippen molar-refractivity contribution in [2.75, 3.05) is 38.9 Å². The van der Waals surface area contributed by atoms with Crippen molar-refractivity contribution in [2.24, 2.45) is 0 Å². The van der Waals surface area contributed by atoms with Crippen molar-refractivity contribution in [3.8, 4) is 22.8 Å². The average Bonchev–Trinajstić information content (AvgIpc) is 3.28. The lowest BCUT2D eigenvalue weighted by molar-refractivity contribution is -0.121. The van der Waals surface area contributed by atoms with Gasteiger partial charge in [-0.05, 0) is 30.3 Å². The second kappa shape index (κ2) is 9.28. The topological polar surface area (TPSA) is 78.0 Å². The van der Waals surface area contributed by atoms with Crippen LogP contribution >= 0.6 is 11.3 Å². The highest BCUT2D eigenvalue weighted by Gasteiger charge is 2.28. The zero-order valence-corrected chi connectivity index (χ0v) is 18.1. The Labute approximate surface area is 184 Å². The third-order valence-electron chi connectivity index (χ3n) is 4.96. The van der Waals surface area contributed by atoms with E-state index in [2.05, 4.69) is 4.98 Å². The third-order valence-corrected chi connectivity index (χ3v) is 5.87. The van der Waals surface area contributed by atoms with Crippen molar-refractivity contribution < 1.29 is 23.8 Å². The molecule has 0 fully saturated rings. The fraction of sp³-hybridized carbons (Fsp3) is 0.261. The molecule has 4 rings (SSSR count). The number of amides is 1. The number of methoxy groups -OCH3 is 2. The minimum absolute atomic E-state index is 0.0814. The van der Waals surface area contributed by atoms with Gasteiger partial charge in [0.05, 0.1) is 36.7 Å². The van der Waals surface area contributed by atoms with Crippen LogP contribution in [-0.4, -0.2) is 50.7 Å². The first-order valence-corrected chi connectivity index (χ1v) is 10.6. The molecular weight excluding hydrogens is 416 g/mol. The van der Waals surface area contributed by atoms with E-state index in [4.69, 9.17) is 14.2 Å². The molecule has 2 aromatic carbocycles. The van der Waals surface area contributed by atoms with Crippen LogP contribution in [0.1, 0.15) is 15.4 Å². The SMILES string of the molecule is COCCc1nc(-c2ccc3c(c2)N(CC(=O)c2cccc(OC)c2)C(=O)CO3)cs1. The van der Waals surface area contributed by atoms with Crippen LogP contribution in [-0.2, 0) is 16.0 Å². The van der Waals surface area contributed by atoms with E-state index in [1.54, 1.807) is 49.8 Å². The van der Waals surface area contributed by atoms with Crippen molar-refractivity contribution in [2.45, 2.75) is 6.42 Å². The van der Waals surface area contributed by atoms with Crippen LogP contribution in [0.5, 0.6) is 11.5 Å². The number of rotatable bonds is 8. The summed E-state index contributed by atoms with van der Waals surface area (Å²) >= 11 is 1.57. The van der Waals surface area contributed by atoms with Crippen LogP contribution in [0.3, 0.4) is 0 Å². The summed E-state index contributed by atoms with van der Waals surface area (Å²) in [5.74, 6) is 0.715. The van der Waals surface area contributed by atoms with Gasteiger partial charge >= 0.3 is 0 Å². The van der Waals surface area contributed by atoms with E-state index < -0.39 is 0 Å². The van der Waals surface area contributed by atoms with Crippen molar-refractivity contribution in [1.29, 1.82) is 0 Å². The van der Waals surface area contributed by atoms with Gasteiger partial charge in [-0.3, -0.25) is 14.5 Å². The maximum absolute atomic E-state index is 12.9. The summed E-state index contributed by atoms with van der Waals surface area (Å²) in [6, 6.07) is 12.5. The number of carbonyl (C=O) groups excluding carboxylic acids is 2. The van der Waals surface area contributed by atoms with Gasteiger partial charge in [0, 0.05) is 30.0 Å². The Morgan fingerprint density at radius 1 is 1.23 bits per heavy atom. The Morgan fingerprint density at radius 2 is 2.10 bits per heavy atom. The lowest BCUT2D eigenvalue weighted by atomic mass is 10.1. The number of benzene rings is 2. The Morgan fingerprint density at radius 3 is 2.90 bits per heavy atom. The zero-order chi connectivity index (χ0) is 21.8. The normalized spacial score (nSPS) is 13.0. The predicted octanol–water partition coefficient (Wildman–Crippen LogP) is 3.62. The molecule has 3 aromatic rings. The van der Waals surface area contributed by atoms with E-state index in [9.17, 15) is 9.59 Å². The highest BCUT2D eigenvalue weighted by Crippen LogP contribution is 2.36. The minimum Gasteiger partial charge on any atom is -0.497 e. The second-order valence-corrected chi connectivity index (χ2v) is 7.92. The number of hydrogen-bond acceptors (Lipinski definition) is 7. The molecule has 0 saturated carbocycles. The van der Waals surface area contributed by atoms with Crippen LogP contribution in [0.4, 0.5) is 5.69 Å². The highest BCUT2D eigenvalue weighted by molar-refractivity contribution is 7.09. The molecule has 0 radical (unpaired) electrons. The number of fused-ring (bicyclic) bond motifs is 1. The van der Waals surface area contributed by atoms with Crippen LogP contribution in [0, 0.1) is 0 Å². The average molecular weight is 439 g/mol. The molecule has 2 heterocycles. The molecule has 0 atom stereocenters. The Kier molecular flexibility index (Phi) is 6.29. The van der Waals surface area contributed by atoms with E-state index >= 15 is 0 Å². The Bertz CT molecular complexity index is 1110. The van der Waals surface area contributed by atoms with E-state index in [-0.39, 0.29) is 24.8 Å². The second-order valence-electron chi connectivity index (χ2n) is 6.98. The lowest BCUT2D eigenvalue weighted by Gasteiger charge is -2.29. The molecule has 0 bridgehead atoms. The van der Waals surface area contributed by atoms with E-state index in [0.717, 1.165) is 22.7 Å². The summed E-state index contributed by atoms with van der Waals surface area (Å²) in [5, 5.41) is 2.95. The maximum Gasteiger partial charge on any atom is 0.265 e. The highest BCUT2D eigenvalue weighted by atomic mass is 32.1. The van der Waals surface area contributed by atoms with Gasteiger partial charge in [-0.25, -0.2) is 4.98 Å². The molecule has 0 N–H and O–H groups in total. The first-order valence-electron chi connectivity index (χ1n) is 9.77. The van der Waals surface area contributed by atoms with E-state index in [0.29, 0.717) is 29.4 Å². The van der Waals surface area contributed by atoms with Crippen molar-refractivity contribution in [1.82, 2.24) is 4.98 Å². The fourth-order valence-electron chi connectivity index (χ4n) is 3.31. The van der Waals surface area contributed by atoms with Crippen LogP contribution in [0.25, 0.3) is 11.3 Å². The van der Waals surface area contributed by atoms with Crippen LogP contribution < -0.4 is 14.4 Å². The van der Waals surface area contributed by atoms with Crippen LogP contribution in [0.15, 0.2) is 47.8 Å². The molecule has 1 aliphatic heterocycles. The molecule has 160 valence electrons. The largest absolute Gasteiger partial charge is 0.497 e. The van der Waals surface area contributed by atoms with Gasteiger partial charge in [-0.1, -0.05) is 12.1 Å². The summed E-state index contributed by atoms with van der Waals surface area (Å²) < 4.78 is 15.9. The van der Waals surface area contributed by atoms with Gasteiger partial charge < -0.3 is 14.2 Å². The summed E-state index contributed by atoms with van der Waals surface area (Å²) in [7, 11) is 3.21. The predicted molar refractivity (Wildman–Crippen MR) is 118 cm³/mol. The van der Waals surface area contributed by atoms with Crippen molar-refractivity contribution in [3.63, 3.8) is 0 Å². The lowest BCUT2D eigenvalue weighted by Crippen LogP contribution is -2.42. The van der Waals surface area contributed by atoms with Gasteiger partial charge in [0.2, 0.25) is 0 Å². The molecule has 31 heavy (non-hydrogen) atoms. The molecule has 1 amide bonds. The number of thiazole rings is 1. The molecule has 8 heteroatoms. The summed E-state index contributed by atoms with van der Waals surface area (Å²) in [5.41, 5.74) is 2.72. The molecule has 1 aliphatic rings. The summed E-state index contributed by atoms with van der Waals surface area (Å²) in [4.78, 5) is 31.6. The molecular formula is C23H22N2O5S. The first-order chi connectivity index (χ1) is 15.1. The standard InChI is InChI=1S/C23H22N2O5S/c1-28-9-8-22-24-18(14-31-22)15-6-7-21-19(11-15)25(23(27)13-30-21)12-20(26)16-4-3-5-17(10-16)29-2/h3-7,10-11,14H,8-9,12-13H2,1-2H3. The molecule has 0 aliphatic carbocycles. The number of ketones is 1. The minimum atomic E-state index is -0.264. The number of hydrogen-bond donors (Lipinski definition) is 0. The maximum atomic E-state index is 12.9. The van der Waals surface area contributed by atoms with Crippen molar-refractivity contribution in [3.05, 3.63) is 58.4 Å². The Balaban J connectivity index is 1.61. The quantitative estimate of drug-likeness (QED) is 0.500. The van der Waals surface area contributed by atoms with Gasteiger partial charge in [0.1, 0.15) is 11.5 Å². The number of anilines is 1.